The number of nitrogens with zero attached hydrogens (tertiary/aromatic N) is 1. The second kappa shape index (κ2) is 3.78. The number of ketones is 1. The first-order valence-electron chi connectivity index (χ1n) is 6.70. The highest BCUT2D eigenvalue weighted by atomic mass is 28.3. The molecule has 4 heteroatoms. The van der Waals surface area contributed by atoms with Crippen molar-refractivity contribution in [2.45, 2.75) is 50.5 Å². The van der Waals surface area contributed by atoms with E-state index >= 15 is 0 Å². The predicted octanol–water partition coefficient (Wildman–Crippen LogP) is 1.83. The Morgan fingerprint density at radius 3 is 2.33 bits per heavy atom. The molecule has 0 aromatic heterocycles. The predicted molar refractivity (Wildman–Crippen MR) is 76.2 cm³/mol. The number of hydrogen-bond acceptors (Lipinski definition) is 3. The van der Waals surface area contributed by atoms with Crippen molar-refractivity contribution < 1.29 is 9.90 Å². The fourth-order valence-electron chi connectivity index (χ4n) is 4.02. The minimum atomic E-state index is -1.56. The van der Waals surface area contributed by atoms with Crippen LogP contribution in [0.1, 0.15) is 19.8 Å². The number of likely N-dealkylation sites (N-methyl/N-ethyl adjacent to an activating group) is 1. The normalized spacial score (nSPS) is 40.3. The van der Waals surface area contributed by atoms with E-state index in [-0.39, 0.29) is 17.2 Å². The topological polar surface area (TPSA) is 40.5 Å². The molecule has 18 heavy (non-hydrogen) atoms. The van der Waals surface area contributed by atoms with Crippen molar-refractivity contribution in [2.24, 2.45) is 5.92 Å². The standard InChI is InChI=1S/C14H25NO2Si/c1-13(17)7-8-14(15(2)3)11(18(4,5)6)9-10(16)12(13)14/h9,12,17H,7-8H2,1-6H3/t12?,13?,14-/m1/s1. The number of aliphatic hydroxyl groups is 1. The number of allylic oxidation sites excluding steroid dienone is 1. The summed E-state index contributed by atoms with van der Waals surface area (Å²) in [6, 6.07) is 0. The lowest BCUT2D eigenvalue weighted by Crippen LogP contribution is -2.56. The van der Waals surface area contributed by atoms with E-state index in [0.717, 1.165) is 6.42 Å². The smallest absolute Gasteiger partial charge is 0.163 e. The van der Waals surface area contributed by atoms with E-state index in [1.165, 1.54) is 5.20 Å². The highest BCUT2D eigenvalue weighted by Crippen LogP contribution is 2.55. The maximum atomic E-state index is 12.4. The van der Waals surface area contributed by atoms with Gasteiger partial charge in [-0.2, -0.15) is 0 Å². The Morgan fingerprint density at radius 2 is 1.89 bits per heavy atom. The van der Waals surface area contributed by atoms with Crippen LogP contribution in [0.3, 0.4) is 0 Å². The maximum absolute atomic E-state index is 12.4. The van der Waals surface area contributed by atoms with Gasteiger partial charge in [-0.05, 0) is 39.9 Å². The van der Waals surface area contributed by atoms with Crippen LogP contribution in [0.4, 0.5) is 0 Å². The van der Waals surface area contributed by atoms with Gasteiger partial charge in [0.1, 0.15) is 0 Å². The first-order chi connectivity index (χ1) is 8.03. The van der Waals surface area contributed by atoms with E-state index in [4.69, 9.17) is 0 Å². The van der Waals surface area contributed by atoms with Crippen LogP contribution in [0, 0.1) is 5.92 Å². The lowest BCUT2D eigenvalue weighted by Gasteiger charge is -2.44. The van der Waals surface area contributed by atoms with Gasteiger partial charge in [0, 0.05) is 0 Å². The van der Waals surface area contributed by atoms with E-state index < -0.39 is 13.7 Å². The molecule has 2 aliphatic carbocycles. The summed E-state index contributed by atoms with van der Waals surface area (Å²) in [6.45, 7) is 8.67. The van der Waals surface area contributed by atoms with Gasteiger partial charge in [0.25, 0.3) is 0 Å². The van der Waals surface area contributed by atoms with Gasteiger partial charge in [-0.15, -0.1) is 0 Å². The number of carbonyl (C=O) groups is 1. The zero-order chi connectivity index (χ0) is 13.9. The van der Waals surface area contributed by atoms with Gasteiger partial charge in [0.05, 0.1) is 25.1 Å². The van der Waals surface area contributed by atoms with Gasteiger partial charge >= 0.3 is 0 Å². The van der Waals surface area contributed by atoms with Crippen LogP contribution < -0.4 is 0 Å². The van der Waals surface area contributed by atoms with Crippen molar-refractivity contribution in [3.8, 4) is 0 Å². The Balaban J connectivity index is 2.60. The molecule has 1 fully saturated rings. The van der Waals surface area contributed by atoms with E-state index in [1.807, 2.05) is 27.1 Å². The fraction of sp³-hybridized carbons (Fsp3) is 0.786. The molecule has 0 radical (unpaired) electrons. The van der Waals surface area contributed by atoms with Gasteiger partial charge in [-0.1, -0.05) is 24.8 Å². The van der Waals surface area contributed by atoms with Gasteiger partial charge in [-0.3, -0.25) is 9.69 Å². The molecule has 0 heterocycles. The number of rotatable bonds is 2. The molecule has 0 amide bonds. The Morgan fingerprint density at radius 1 is 1.33 bits per heavy atom. The third-order valence-corrected chi connectivity index (χ3v) is 6.95. The van der Waals surface area contributed by atoms with Crippen LogP contribution in [0.5, 0.6) is 0 Å². The van der Waals surface area contributed by atoms with Gasteiger partial charge in [0.2, 0.25) is 0 Å². The number of fused-ring (bicyclic) bond motifs is 1. The summed E-state index contributed by atoms with van der Waals surface area (Å²) in [4.78, 5) is 14.6. The molecule has 0 aliphatic heterocycles. The third-order valence-electron chi connectivity index (χ3n) is 4.76. The second-order valence-corrected chi connectivity index (χ2v) is 12.4. The first kappa shape index (κ1) is 14.0. The Labute approximate surface area is 111 Å². The van der Waals surface area contributed by atoms with Crippen molar-refractivity contribution in [1.82, 2.24) is 4.90 Å². The molecule has 2 aliphatic rings. The summed E-state index contributed by atoms with van der Waals surface area (Å²) in [5.74, 6) is -0.148. The van der Waals surface area contributed by atoms with Crippen molar-refractivity contribution in [3.05, 3.63) is 11.3 Å². The summed E-state index contributed by atoms with van der Waals surface area (Å²) in [5, 5.41) is 11.9. The van der Waals surface area contributed by atoms with E-state index in [0.29, 0.717) is 6.42 Å². The van der Waals surface area contributed by atoms with E-state index in [2.05, 4.69) is 24.5 Å². The molecule has 102 valence electrons. The van der Waals surface area contributed by atoms with Crippen molar-refractivity contribution in [2.75, 3.05) is 14.1 Å². The quantitative estimate of drug-likeness (QED) is 0.776. The minimum absolute atomic E-state index is 0.128. The van der Waals surface area contributed by atoms with E-state index in [1.54, 1.807) is 0 Å². The average Bonchev–Trinajstić information content (AvgIpc) is 2.63. The average molecular weight is 267 g/mol. The molecule has 1 saturated carbocycles. The zero-order valence-electron chi connectivity index (χ0n) is 12.4. The number of carbonyl (C=O) groups excluding carboxylic acids is 1. The summed E-state index contributed by atoms with van der Waals surface area (Å²) in [7, 11) is 2.52. The van der Waals surface area contributed by atoms with Crippen LogP contribution >= 0.6 is 0 Å². The summed E-state index contributed by atoms with van der Waals surface area (Å²) in [6.07, 6.45) is 3.45. The molecular weight excluding hydrogens is 242 g/mol. The first-order valence-corrected chi connectivity index (χ1v) is 10.2. The Bertz CT molecular complexity index is 420. The van der Waals surface area contributed by atoms with E-state index in [9.17, 15) is 9.90 Å². The van der Waals surface area contributed by atoms with Gasteiger partial charge < -0.3 is 5.11 Å². The van der Waals surface area contributed by atoms with Crippen LogP contribution in [-0.2, 0) is 4.79 Å². The van der Waals surface area contributed by atoms with Crippen LogP contribution in [0.2, 0.25) is 19.6 Å². The summed E-state index contributed by atoms with van der Waals surface area (Å²) >= 11 is 0. The van der Waals surface area contributed by atoms with Gasteiger partial charge in [0.15, 0.2) is 5.78 Å². The minimum Gasteiger partial charge on any atom is -0.389 e. The molecule has 0 saturated heterocycles. The summed E-state index contributed by atoms with van der Waals surface area (Å²) < 4.78 is 0. The molecule has 0 aromatic carbocycles. The summed E-state index contributed by atoms with van der Waals surface area (Å²) in [5.41, 5.74) is -1.09. The second-order valence-electron chi connectivity index (χ2n) is 7.32. The molecule has 0 aromatic rings. The molecule has 2 rings (SSSR count). The Hall–Kier alpha value is -0.453. The van der Waals surface area contributed by atoms with Crippen LogP contribution in [0.25, 0.3) is 0 Å². The molecule has 0 spiro atoms. The molecule has 3 nitrogen and oxygen atoms in total. The monoisotopic (exact) mass is 267 g/mol. The maximum Gasteiger partial charge on any atom is 0.163 e. The molecule has 1 N–H and O–H groups in total. The molecule has 2 unspecified atom stereocenters. The molecule has 0 bridgehead atoms. The SMILES string of the molecule is CN(C)[C@@]12CCC(C)(O)C1C(=O)C=C2[Si](C)(C)C. The largest absolute Gasteiger partial charge is 0.389 e. The third kappa shape index (κ3) is 1.66. The lowest BCUT2D eigenvalue weighted by molar-refractivity contribution is -0.127. The lowest BCUT2D eigenvalue weighted by atomic mass is 9.82. The molecule has 3 atom stereocenters. The van der Waals surface area contributed by atoms with Crippen molar-refractivity contribution in [1.29, 1.82) is 0 Å². The van der Waals surface area contributed by atoms with Crippen LogP contribution in [0.15, 0.2) is 11.3 Å². The highest BCUT2D eigenvalue weighted by molar-refractivity contribution is 6.84. The van der Waals surface area contributed by atoms with Crippen molar-refractivity contribution >= 4 is 13.9 Å². The Kier molecular flexibility index (Phi) is 2.93. The van der Waals surface area contributed by atoms with Crippen molar-refractivity contribution in [3.63, 3.8) is 0 Å². The zero-order valence-corrected chi connectivity index (χ0v) is 13.4. The molecular formula is C14H25NO2Si. The van der Waals surface area contributed by atoms with Gasteiger partial charge in [-0.25, -0.2) is 0 Å². The highest BCUT2D eigenvalue weighted by Gasteiger charge is 2.64. The number of hydrogen-bond donors (Lipinski definition) is 1. The van der Waals surface area contributed by atoms with Crippen LogP contribution in [-0.4, -0.2) is 49.1 Å². The fourth-order valence-corrected chi connectivity index (χ4v) is 6.38.